The molecule has 1 heterocycles. The first kappa shape index (κ1) is 16.7. The molecule has 0 unspecified atom stereocenters. The minimum absolute atomic E-state index is 0.149. The van der Waals surface area contributed by atoms with Crippen LogP contribution in [0.2, 0.25) is 0 Å². The third-order valence-electron chi connectivity index (χ3n) is 3.96. The van der Waals surface area contributed by atoms with Gasteiger partial charge in [-0.2, -0.15) is 5.10 Å². The van der Waals surface area contributed by atoms with Crippen molar-refractivity contribution in [1.82, 2.24) is 15.0 Å². The molecule has 3 aromatic rings. The van der Waals surface area contributed by atoms with E-state index < -0.39 is 0 Å². The fourth-order valence-electron chi connectivity index (χ4n) is 2.58. The predicted molar refractivity (Wildman–Crippen MR) is 97.6 cm³/mol. The van der Waals surface area contributed by atoms with Gasteiger partial charge in [0, 0.05) is 12.1 Å². The second-order valence-corrected chi connectivity index (χ2v) is 5.76. The predicted octanol–water partition coefficient (Wildman–Crippen LogP) is 2.83. The summed E-state index contributed by atoms with van der Waals surface area (Å²) in [5.41, 5.74) is 5.32. The minimum atomic E-state index is -0.243. The van der Waals surface area contributed by atoms with E-state index in [9.17, 15) is 4.79 Å². The lowest BCUT2D eigenvalue weighted by molar-refractivity contribution is -0.124. The highest BCUT2D eigenvalue weighted by atomic mass is 16.5. The van der Waals surface area contributed by atoms with E-state index in [-0.39, 0.29) is 11.8 Å². The van der Waals surface area contributed by atoms with Gasteiger partial charge in [-0.15, -0.1) is 0 Å². The number of nitrogens with zero attached hydrogens (tertiary/aromatic N) is 3. The van der Waals surface area contributed by atoms with Gasteiger partial charge < -0.3 is 9.30 Å². The van der Waals surface area contributed by atoms with E-state index in [4.69, 9.17) is 4.74 Å². The van der Waals surface area contributed by atoms with Crippen molar-refractivity contribution in [2.24, 2.45) is 11.0 Å². The molecule has 2 aromatic carbocycles. The first-order valence-electron chi connectivity index (χ1n) is 8.05. The molecule has 0 radical (unpaired) electrons. The molecule has 1 aromatic heterocycles. The molecule has 0 fully saturated rings. The van der Waals surface area contributed by atoms with E-state index >= 15 is 0 Å². The zero-order valence-electron chi connectivity index (χ0n) is 14.2. The fraction of sp³-hybridized carbons (Fsp3) is 0.211. The molecule has 0 bridgehead atoms. The van der Waals surface area contributed by atoms with E-state index in [1.54, 1.807) is 19.7 Å². The quantitative estimate of drug-likeness (QED) is 0.556. The smallest absolute Gasteiger partial charge is 0.244 e. The molecule has 1 N–H and O–H groups in total. The Balaban J connectivity index is 1.62. The Morgan fingerprint density at radius 2 is 2.04 bits per heavy atom. The van der Waals surface area contributed by atoms with Gasteiger partial charge in [0.2, 0.25) is 5.91 Å². The molecular weight excluding hydrogens is 316 g/mol. The van der Waals surface area contributed by atoms with Crippen LogP contribution in [0.3, 0.4) is 0 Å². The van der Waals surface area contributed by atoms with Crippen LogP contribution >= 0.6 is 0 Å². The van der Waals surface area contributed by atoms with Gasteiger partial charge in [-0.1, -0.05) is 31.2 Å². The minimum Gasteiger partial charge on any atom is -0.496 e. The first-order chi connectivity index (χ1) is 12.2. The summed E-state index contributed by atoms with van der Waals surface area (Å²) in [4.78, 5) is 16.6. The Morgan fingerprint density at radius 3 is 2.88 bits per heavy atom. The van der Waals surface area contributed by atoms with Gasteiger partial charge in [0.05, 0.1) is 36.6 Å². The third-order valence-corrected chi connectivity index (χ3v) is 3.96. The maximum atomic E-state index is 12.3. The Labute approximate surface area is 146 Å². The summed E-state index contributed by atoms with van der Waals surface area (Å²) in [6, 6.07) is 15.3. The number of amides is 1. The molecule has 0 saturated carbocycles. The van der Waals surface area contributed by atoms with Crippen molar-refractivity contribution in [2.75, 3.05) is 7.11 Å². The highest BCUT2D eigenvalue weighted by Gasteiger charge is 2.14. The molecular formula is C19H20N4O2. The molecule has 0 aliphatic heterocycles. The zero-order chi connectivity index (χ0) is 17.6. The summed E-state index contributed by atoms with van der Waals surface area (Å²) < 4.78 is 7.22. The van der Waals surface area contributed by atoms with Crippen molar-refractivity contribution in [3.05, 3.63) is 60.4 Å². The van der Waals surface area contributed by atoms with Crippen molar-refractivity contribution < 1.29 is 9.53 Å². The van der Waals surface area contributed by atoms with Crippen LogP contribution in [-0.4, -0.2) is 28.8 Å². The van der Waals surface area contributed by atoms with Crippen molar-refractivity contribution >= 4 is 23.2 Å². The van der Waals surface area contributed by atoms with E-state index in [1.807, 2.05) is 60.0 Å². The number of rotatable bonds is 6. The van der Waals surface area contributed by atoms with Crippen molar-refractivity contribution in [1.29, 1.82) is 0 Å². The van der Waals surface area contributed by atoms with Gasteiger partial charge in [0.25, 0.3) is 0 Å². The van der Waals surface area contributed by atoms with E-state index in [1.165, 1.54) is 0 Å². The lowest BCUT2D eigenvalue weighted by atomic mass is 10.1. The number of hydrogen-bond acceptors (Lipinski definition) is 4. The molecule has 128 valence electrons. The average Bonchev–Trinajstić information content (AvgIpc) is 3.05. The lowest BCUT2D eigenvalue weighted by Crippen LogP contribution is -2.28. The van der Waals surface area contributed by atoms with E-state index in [2.05, 4.69) is 15.5 Å². The number of nitrogens with one attached hydrogen (secondary N) is 1. The molecule has 6 nitrogen and oxygen atoms in total. The van der Waals surface area contributed by atoms with Crippen LogP contribution in [-0.2, 0) is 11.3 Å². The normalized spacial score (nSPS) is 12.4. The molecule has 0 aliphatic rings. The molecule has 1 amide bonds. The van der Waals surface area contributed by atoms with Gasteiger partial charge in [-0.3, -0.25) is 4.79 Å². The van der Waals surface area contributed by atoms with Crippen LogP contribution in [0.25, 0.3) is 11.0 Å². The molecule has 3 rings (SSSR count). The number of fused-ring (bicyclic) bond motifs is 1. The zero-order valence-corrected chi connectivity index (χ0v) is 14.2. The molecule has 0 aliphatic carbocycles. The Bertz CT molecular complexity index is 901. The number of carbonyl (C=O) groups is 1. The average molecular weight is 336 g/mol. The van der Waals surface area contributed by atoms with Crippen LogP contribution in [0.5, 0.6) is 5.75 Å². The Kier molecular flexibility index (Phi) is 5.09. The van der Waals surface area contributed by atoms with E-state index in [0.29, 0.717) is 12.3 Å². The third kappa shape index (κ3) is 3.85. The topological polar surface area (TPSA) is 68.5 Å². The second kappa shape index (κ2) is 7.61. The number of benzene rings is 2. The summed E-state index contributed by atoms with van der Waals surface area (Å²) in [7, 11) is 1.60. The molecule has 1 atom stereocenters. The van der Waals surface area contributed by atoms with Gasteiger partial charge in [-0.05, 0) is 24.3 Å². The van der Waals surface area contributed by atoms with Crippen LogP contribution in [0, 0.1) is 5.92 Å². The Morgan fingerprint density at radius 1 is 1.28 bits per heavy atom. The van der Waals surface area contributed by atoms with Crippen LogP contribution in [0.15, 0.2) is 60.0 Å². The number of hydrazone groups is 1. The van der Waals surface area contributed by atoms with Crippen molar-refractivity contribution in [2.45, 2.75) is 13.5 Å². The highest BCUT2D eigenvalue weighted by molar-refractivity contribution is 5.85. The number of para-hydroxylation sites is 3. The number of imidazole rings is 1. The van der Waals surface area contributed by atoms with Crippen molar-refractivity contribution in [3.8, 4) is 5.75 Å². The number of hydrogen-bond donors (Lipinski definition) is 1. The van der Waals surface area contributed by atoms with Gasteiger partial charge in [-0.25, -0.2) is 10.4 Å². The summed E-state index contributed by atoms with van der Waals surface area (Å²) >= 11 is 0. The monoisotopic (exact) mass is 336 g/mol. The summed E-state index contributed by atoms with van der Waals surface area (Å²) in [5, 5.41) is 4.03. The second-order valence-electron chi connectivity index (χ2n) is 5.76. The van der Waals surface area contributed by atoms with Gasteiger partial charge >= 0.3 is 0 Å². The maximum absolute atomic E-state index is 12.3. The maximum Gasteiger partial charge on any atom is 0.244 e. The Hall–Kier alpha value is -3.15. The lowest BCUT2D eigenvalue weighted by Gasteiger charge is -2.11. The molecule has 0 saturated heterocycles. The summed E-state index contributed by atoms with van der Waals surface area (Å²) in [6.45, 7) is 2.40. The van der Waals surface area contributed by atoms with Gasteiger partial charge in [0.15, 0.2) is 0 Å². The highest BCUT2D eigenvalue weighted by Crippen LogP contribution is 2.15. The summed E-state index contributed by atoms with van der Waals surface area (Å²) in [5.74, 6) is 0.315. The standard InChI is InChI=1S/C19H20N4O2/c1-14(12-23-13-20-16-8-4-5-9-17(16)23)19(24)22-21-11-15-7-3-6-10-18(15)25-2/h3-11,13-14H,12H2,1-2H3,(H,22,24)/b21-11-/t14-/m1/s1. The molecule has 6 heteroatoms. The summed E-state index contributed by atoms with van der Waals surface area (Å²) in [6.07, 6.45) is 3.34. The molecule has 25 heavy (non-hydrogen) atoms. The van der Waals surface area contributed by atoms with Crippen LogP contribution in [0.1, 0.15) is 12.5 Å². The van der Waals surface area contributed by atoms with Crippen LogP contribution in [0.4, 0.5) is 0 Å². The van der Waals surface area contributed by atoms with E-state index in [0.717, 1.165) is 16.6 Å². The largest absolute Gasteiger partial charge is 0.496 e. The van der Waals surface area contributed by atoms with Crippen LogP contribution < -0.4 is 10.2 Å². The molecule has 0 spiro atoms. The van der Waals surface area contributed by atoms with Crippen molar-refractivity contribution in [3.63, 3.8) is 0 Å². The SMILES string of the molecule is COc1ccccc1/C=N\NC(=O)[C@H](C)Cn1cnc2ccccc21. The number of aromatic nitrogens is 2. The number of methoxy groups -OCH3 is 1. The fourth-order valence-corrected chi connectivity index (χ4v) is 2.58. The first-order valence-corrected chi connectivity index (χ1v) is 8.05. The number of ether oxygens (including phenoxy) is 1. The van der Waals surface area contributed by atoms with Gasteiger partial charge in [0.1, 0.15) is 5.75 Å². The number of carbonyl (C=O) groups excluding carboxylic acids is 1.